The molecule has 0 amide bonds. The number of hydrogen-bond donors (Lipinski definition) is 3. The van der Waals surface area contributed by atoms with Gasteiger partial charge in [-0.25, -0.2) is 4.79 Å². The van der Waals surface area contributed by atoms with Crippen molar-refractivity contribution in [3.05, 3.63) is 48.0 Å². The number of carbonyl (C=O) groups is 1. The summed E-state index contributed by atoms with van der Waals surface area (Å²) in [4.78, 5) is 11.3. The largest absolute Gasteiger partial charge is 0.458 e. The van der Waals surface area contributed by atoms with Gasteiger partial charge in [0.1, 0.15) is 12.7 Å². The Balaban J connectivity index is 2.27. The Morgan fingerprint density at radius 1 is 1.21 bits per heavy atom. The summed E-state index contributed by atoms with van der Waals surface area (Å²) in [7, 11) is 0. The SMILES string of the molecule is O=C(/C=C/C[C@H](O)[C@H](O)CO)OCc1ccccc1. The Labute approximate surface area is 111 Å². The molecule has 0 aliphatic carbocycles. The number of esters is 1. The molecule has 19 heavy (non-hydrogen) atoms. The van der Waals surface area contributed by atoms with Crippen LogP contribution in [0.2, 0.25) is 0 Å². The summed E-state index contributed by atoms with van der Waals surface area (Å²) < 4.78 is 4.98. The first kappa shape index (κ1) is 15.4. The molecular weight excluding hydrogens is 248 g/mol. The first-order valence-electron chi connectivity index (χ1n) is 5.97. The molecule has 0 saturated carbocycles. The summed E-state index contributed by atoms with van der Waals surface area (Å²) in [5.41, 5.74) is 0.889. The predicted molar refractivity (Wildman–Crippen MR) is 69.1 cm³/mol. The molecule has 104 valence electrons. The summed E-state index contributed by atoms with van der Waals surface area (Å²) >= 11 is 0. The Morgan fingerprint density at radius 3 is 2.53 bits per heavy atom. The molecule has 1 aromatic carbocycles. The monoisotopic (exact) mass is 266 g/mol. The van der Waals surface area contributed by atoms with E-state index in [0.717, 1.165) is 5.56 Å². The zero-order valence-corrected chi connectivity index (χ0v) is 10.5. The van der Waals surface area contributed by atoms with Gasteiger partial charge in [0.2, 0.25) is 0 Å². The van der Waals surface area contributed by atoms with Gasteiger partial charge in [-0.2, -0.15) is 0 Å². The number of rotatable bonds is 7. The fourth-order valence-corrected chi connectivity index (χ4v) is 1.36. The van der Waals surface area contributed by atoms with Crippen molar-refractivity contribution in [1.29, 1.82) is 0 Å². The molecule has 1 aromatic rings. The quantitative estimate of drug-likeness (QED) is 0.491. The van der Waals surface area contributed by atoms with E-state index in [4.69, 9.17) is 14.9 Å². The van der Waals surface area contributed by atoms with Gasteiger partial charge in [-0.15, -0.1) is 0 Å². The minimum Gasteiger partial charge on any atom is -0.458 e. The van der Waals surface area contributed by atoms with E-state index in [0.29, 0.717) is 0 Å². The molecule has 0 aromatic heterocycles. The smallest absolute Gasteiger partial charge is 0.330 e. The van der Waals surface area contributed by atoms with Crippen molar-refractivity contribution in [1.82, 2.24) is 0 Å². The molecule has 3 N–H and O–H groups in total. The molecule has 1 rings (SSSR count). The predicted octanol–water partition coefficient (Wildman–Crippen LogP) is 0.390. The average molecular weight is 266 g/mol. The lowest BCUT2D eigenvalue weighted by molar-refractivity contribution is -0.139. The van der Waals surface area contributed by atoms with Crippen LogP contribution in [0.5, 0.6) is 0 Å². The fraction of sp³-hybridized carbons (Fsp3) is 0.357. The highest BCUT2D eigenvalue weighted by Gasteiger charge is 2.13. The molecule has 0 saturated heterocycles. The number of hydrogen-bond acceptors (Lipinski definition) is 5. The zero-order chi connectivity index (χ0) is 14.1. The maximum atomic E-state index is 11.3. The highest BCUT2D eigenvalue weighted by Crippen LogP contribution is 2.02. The van der Waals surface area contributed by atoms with Crippen molar-refractivity contribution in [3.63, 3.8) is 0 Å². The van der Waals surface area contributed by atoms with Crippen molar-refractivity contribution < 1.29 is 24.9 Å². The molecule has 5 nitrogen and oxygen atoms in total. The number of aliphatic hydroxyl groups excluding tert-OH is 3. The topological polar surface area (TPSA) is 87.0 Å². The van der Waals surface area contributed by atoms with Gasteiger partial charge in [0.05, 0.1) is 12.7 Å². The van der Waals surface area contributed by atoms with Gasteiger partial charge in [0, 0.05) is 6.08 Å². The lowest BCUT2D eigenvalue weighted by Crippen LogP contribution is -2.28. The van der Waals surface area contributed by atoms with E-state index in [1.807, 2.05) is 30.3 Å². The summed E-state index contributed by atoms with van der Waals surface area (Å²) in [5, 5.41) is 27.0. The van der Waals surface area contributed by atoms with Crippen LogP contribution in [-0.4, -0.2) is 40.1 Å². The van der Waals surface area contributed by atoms with Crippen molar-refractivity contribution in [2.45, 2.75) is 25.2 Å². The van der Waals surface area contributed by atoms with Crippen LogP contribution in [-0.2, 0) is 16.1 Å². The number of carbonyl (C=O) groups excluding carboxylic acids is 1. The molecule has 5 heteroatoms. The summed E-state index contributed by atoms with van der Waals surface area (Å²) in [6.07, 6.45) is 0.364. The van der Waals surface area contributed by atoms with Crippen LogP contribution in [0.3, 0.4) is 0 Å². The summed E-state index contributed by atoms with van der Waals surface area (Å²) in [5.74, 6) is -0.519. The second-order valence-corrected chi connectivity index (χ2v) is 4.05. The number of ether oxygens (including phenoxy) is 1. The molecule has 0 unspecified atom stereocenters. The van der Waals surface area contributed by atoms with Gasteiger partial charge in [-0.3, -0.25) is 0 Å². The summed E-state index contributed by atoms with van der Waals surface area (Å²) in [6.45, 7) is -0.334. The lowest BCUT2D eigenvalue weighted by atomic mass is 10.1. The second kappa shape index (κ2) is 8.42. The molecule has 0 bridgehead atoms. The van der Waals surface area contributed by atoms with Gasteiger partial charge in [0.25, 0.3) is 0 Å². The third-order valence-corrected chi connectivity index (χ3v) is 2.49. The fourth-order valence-electron chi connectivity index (χ4n) is 1.36. The van der Waals surface area contributed by atoms with Gasteiger partial charge >= 0.3 is 5.97 Å². The van der Waals surface area contributed by atoms with Crippen molar-refractivity contribution in [2.75, 3.05) is 6.61 Å². The minimum atomic E-state index is -1.20. The number of benzene rings is 1. The van der Waals surface area contributed by atoms with E-state index in [-0.39, 0.29) is 13.0 Å². The van der Waals surface area contributed by atoms with Crippen molar-refractivity contribution in [2.24, 2.45) is 0 Å². The van der Waals surface area contributed by atoms with Crippen LogP contribution in [0, 0.1) is 0 Å². The standard InChI is InChI=1S/C14H18O5/c15-9-13(17)12(16)7-4-8-14(18)19-10-11-5-2-1-3-6-11/h1-6,8,12-13,15-17H,7,9-10H2/b8-4+/t12-,13+/m0/s1. The van der Waals surface area contributed by atoms with Crippen molar-refractivity contribution in [3.8, 4) is 0 Å². The van der Waals surface area contributed by atoms with E-state index in [2.05, 4.69) is 0 Å². The first-order valence-corrected chi connectivity index (χ1v) is 5.97. The molecule has 0 heterocycles. The maximum Gasteiger partial charge on any atom is 0.330 e. The third kappa shape index (κ3) is 6.15. The van der Waals surface area contributed by atoms with Gasteiger partial charge in [-0.1, -0.05) is 36.4 Å². The van der Waals surface area contributed by atoms with E-state index in [1.54, 1.807) is 0 Å². The number of aliphatic hydroxyl groups is 3. The second-order valence-electron chi connectivity index (χ2n) is 4.05. The maximum absolute atomic E-state index is 11.3. The van der Waals surface area contributed by atoms with E-state index >= 15 is 0 Å². The van der Waals surface area contributed by atoms with Crippen LogP contribution < -0.4 is 0 Å². The molecule has 0 radical (unpaired) electrons. The van der Waals surface area contributed by atoms with Gasteiger partial charge in [0.15, 0.2) is 0 Å². The Kier molecular flexibility index (Phi) is 6.81. The minimum absolute atomic E-state index is 0.0716. The van der Waals surface area contributed by atoms with Crippen LogP contribution in [0.25, 0.3) is 0 Å². The van der Waals surface area contributed by atoms with Crippen LogP contribution in [0.1, 0.15) is 12.0 Å². The van der Waals surface area contributed by atoms with E-state index < -0.39 is 24.8 Å². The third-order valence-electron chi connectivity index (χ3n) is 2.49. The highest BCUT2D eigenvalue weighted by molar-refractivity contribution is 5.81. The van der Waals surface area contributed by atoms with Crippen LogP contribution >= 0.6 is 0 Å². The van der Waals surface area contributed by atoms with Crippen molar-refractivity contribution >= 4 is 5.97 Å². The first-order chi connectivity index (χ1) is 9.13. The average Bonchev–Trinajstić information content (AvgIpc) is 2.45. The van der Waals surface area contributed by atoms with Gasteiger partial charge < -0.3 is 20.1 Å². The Bertz CT molecular complexity index is 402. The van der Waals surface area contributed by atoms with Crippen LogP contribution in [0.4, 0.5) is 0 Å². The molecule has 2 atom stereocenters. The normalized spacial score (nSPS) is 14.3. The van der Waals surface area contributed by atoms with E-state index in [1.165, 1.54) is 12.2 Å². The summed E-state index contributed by atoms with van der Waals surface area (Å²) in [6, 6.07) is 9.27. The molecule has 0 fully saturated rings. The molecule has 0 aliphatic heterocycles. The van der Waals surface area contributed by atoms with E-state index in [9.17, 15) is 9.90 Å². The van der Waals surface area contributed by atoms with Crippen LogP contribution in [0.15, 0.2) is 42.5 Å². The molecular formula is C14H18O5. The highest BCUT2D eigenvalue weighted by atomic mass is 16.5. The molecule has 0 aliphatic rings. The Morgan fingerprint density at radius 2 is 1.89 bits per heavy atom. The molecule has 0 spiro atoms. The van der Waals surface area contributed by atoms with Gasteiger partial charge in [-0.05, 0) is 12.0 Å². The zero-order valence-electron chi connectivity index (χ0n) is 10.5. The Hall–Kier alpha value is -1.69. The lowest BCUT2D eigenvalue weighted by Gasteiger charge is -2.12.